The summed E-state index contributed by atoms with van der Waals surface area (Å²) in [6.07, 6.45) is 3.52. The molecule has 122 valence electrons. The van der Waals surface area contributed by atoms with Crippen LogP contribution < -0.4 is 5.32 Å². The third-order valence-electron chi connectivity index (χ3n) is 3.88. The first-order valence-corrected chi connectivity index (χ1v) is 8.21. The van der Waals surface area contributed by atoms with Crippen molar-refractivity contribution in [3.05, 3.63) is 29.8 Å². The summed E-state index contributed by atoms with van der Waals surface area (Å²) in [7, 11) is 0. The van der Waals surface area contributed by atoms with Gasteiger partial charge in [-0.2, -0.15) is 0 Å². The van der Waals surface area contributed by atoms with Gasteiger partial charge >= 0.3 is 6.09 Å². The molecule has 1 N–H and O–H groups in total. The zero-order valence-electron chi connectivity index (χ0n) is 14.2. The fourth-order valence-electron chi connectivity index (χ4n) is 2.41. The molecule has 0 heterocycles. The summed E-state index contributed by atoms with van der Waals surface area (Å²) in [5.74, 6) is 0. The van der Waals surface area contributed by atoms with Crippen LogP contribution in [0.3, 0.4) is 0 Å². The molecule has 1 amide bonds. The van der Waals surface area contributed by atoms with Gasteiger partial charge in [0.05, 0.1) is 6.54 Å². The molecule has 22 heavy (non-hydrogen) atoms. The highest BCUT2D eigenvalue weighted by Gasteiger charge is 2.23. The van der Waals surface area contributed by atoms with Gasteiger partial charge in [-0.05, 0) is 58.6 Å². The van der Waals surface area contributed by atoms with Crippen molar-refractivity contribution in [2.75, 3.05) is 11.9 Å². The van der Waals surface area contributed by atoms with Crippen LogP contribution in [0.5, 0.6) is 0 Å². The number of hydrogen-bond acceptors (Lipinski definition) is 3. The SMILES string of the molecule is CCN(Cc1ccccc1NC1CCC1)C(=O)OC(C)(C)C. The van der Waals surface area contributed by atoms with E-state index < -0.39 is 5.60 Å². The van der Waals surface area contributed by atoms with Crippen molar-refractivity contribution in [1.29, 1.82) is 0 Å². The number of rotatable bonds is 5. The highest BCUT2D eigenvalue weighted by atomic mass is 16.6. The van der Waals surface area contributed by atoms with Crippen LogP contribution in [0.2, 0.25) is 0 Å². The zero-order valence-corrected chi connectivity index (χ0v) is 14.2. The molecule has 0 atom stereocenters. The summed E-state index contributed by atoms with van der Waals surface area (Å²) in [6, 6.07) is 8.81. The van der Waals surface area contributed by atoms with Gasteiger partial charge in [-0.3, -0.25) is 0 Å². The van der Waals surface area contributed by atoms with Gasteiger partial charge in [-0.15, -0.1) is 0 Å². The first-order chi connectivity index (χ1) is 10.4. The fourth-order valence-corrected chi connectivity index (χ4v) is 2.41. The lowest BCUT2D eigenvalue weighted by molar-refractivity contribution is 0.0245. The predicted molar refractivity (Wildman–Crippen MR) is 90.0 cm³/mol. The Bertz CT molecular complexity index is 504. The van der Waals surface area contributed by atoms with Gasteiger partial charge in [0.15, 0.2) is 0 Å². The molecular weight excluding hydrogens is 276 g/mol. The van der Waals surface area contributed by atoms with E-state index in [-0.39, 0.29) is 6.09 Å². The fraction of sp³-hybridized carbons (Fsp3) is 0.611. The summed E-state index contributed by atoms with van der Waals surface area (Å²) >= 11 is 0. The van der Waals surface area contributed by atoms with Gasteiger partial charge in [0.2, 0.25) is 0 Å². The summed E-state index contributed by atoms with van der Waals surface area (Å²) in [6.45, 7) is 8.86. The molecule has 0 saturated heterocycles. The van der Waals surface area contributed by atoms with Crippen LogP contribution >= 0.6 is 0 Å². The van der Waals surface area contributed by atoms with Crippen molar-refractivity contribution in [2.45, 2.75) is 65.1 Å². The highest BCUT2D eigenvalue weighted by molar-refractivity contribution is 5.68. The van der Waals surface area contributed by atoms with Gasteiger partial charge in [0, 0.05) is 18.3 Å². The van der Waals surface area contributed by atoms with E-state index in [0.717, 1.165) is 11.3 Å². The van der Waals surface area contributed by atoms with E-state index in [1.807, 2.05) is 39.8 Å². The van der Waals surface area contributed by atoms with Crippen molar-refractivity contribution in [3.63, 3.8) is 0 Å². The van der Waals surface area contributed by atoms with Crippen LogP contribution in [0.25, 0.3) is 0 Å². The molecule has 0 aromatic heterocycles. The van der Waals surface area contributed by atoms with Crippen LogP contribution in [0.1, 0.15) is 52.5 Å². The van der Waals surface area contributed by atoms with Gasteiger partial charge < -0.3 is 15.0 Å². The molecule has 1 fully saturated rings. The monoisotopic (exact) mass is 304 g/mol. The smallest absolute Gasteiger partial charge is 0.410 e. The number of hydrogen-bond donors (Lipinski definition) is 1. The standard InChI is InChI=1S/C18H28N2O2/c1-5-20(17(21)22-18(2,3)4)13-14-9-6-7-12-16(14)19-15-10-8-11-15/h6-7,9,12,15,19H,5,8,10-11,13H2,1-4H3. The van der Waals surface area contributed by atoms with E-state index in [0.29, 0.717) is 19.1 Å². The second-order valence-corrected chi connectivity index (χ2v) is 6.92. The molecule has 1 aromatic rings. The average molecular weight is 304 g/mol. The van der Waals surface area contributed by atoms with Crippen molar-refractivity contribution >= 4 is 11.8 Å². The van der Waals surface area contributed by atoms with Crippen molar-refractivity contribution in [3.8, 4) is 0 Å². The Kier molecular flexibility index (Phi) is 5.33. The average Bonchev–Trinajstić information content (AvgIpc) is 2.39. The first-order valence-electron chi connectivity index (χ1n) is 8.21. The van der Waals surface area contributed by atoms with Gasteiger partial charge in [-0.1, -0.05) is 18.2 Å². The molecule has 1 aromatic carbocycles. The number of nitrogens with zero attached hydrogens (tertiary/aromatic N) is 1. The summed E-state index contributed by atoms with van der Waals surface area (Å²) in [5, 5.41) is 3.58. The van der Waals surface area contributed by atoms with Crippen molar-refractivity contribution in [1.82, 2.24) is 4.90 Å². The van der Waals surface area contributed by atoms with E-state index in [9.17, 15) is 4.79 Å². The van der Waals surface area contributed by atoms with Crippen molar-refractivity contribution in [2.24, 2.45) is 0 Å². The summed E-state index contributed by atoms with van der Waals surface area (Å²) < 4.78 is 5.48. The van der Waals surface area contributed by atoms with Gasteiger partial charge in [0.1, 0.15) is 5.60 Å². The van der Waals surface area contributed by atoms with E-state index in [2.05, 4.69) is 17.4 Å². The molecule has 2 rings (SSSR count). The molecule has 0 unspecified atom stereocenters. The Morgan fingerprint density at radius 2 is 2.00 bits per heavy atom. The lowest BCUT2D eigenvalue weighted by Gasteiger charge is -2.30. The minimum absolute atomic E-state index is 0.256. The zero-order chi connectivity index (χ0) is 16.2. The molecule has 0 radical (unpaired) electrons. The molecule has 0 spiro atoms. The number of anilines is 1. The molecule has 1 aliphatic rings. The van der Waals surface area contributed by atoms with E-state index in [1.165, 1.54) is 19.3 Å². The molecule has 0 bridgehead atoms. The minimum Gasteiger partial charge on any atom is -0.444 e. The number of para-hydroxylation sites is 1. The molecule has 1 saturated carbocycles. The number of amides is 1. The first kappa shape index (κ1) is 16.7. The number of carbonyl (C=O) groups is 1. The third-order valence-corrected chi connectivity index (χ3v) is 3.88. The maximum atomic E-state index is 12.3. The molecule has 1 aliphatic carbocycles. The second-order valence-electron chi connectivity index (χ2n) is 6.92. The van der Waals surface area contributed by atoms with Crippen LogP contribution in [0, 0.1) is 0 Å². The Balaban J connectivity index is 2.05. The maximum Gasteiger partial charge on any atom is 0.410 e. The molecule has 4 heteroatoms. The minimum atomic E-state index is -0.464. The van der Waals surface area contributed by atoms with Crippen LogP contribution in [0.4, 0.5) is 10.5 Å². The number of carbonyl (C=O) groups excluding carboxylic acids is 1. The normalized spacial score (nSPS) is 15.1. The topological polar surface area (TPSA) is 41.6 Å². The molecule has 0 aliphatic heterocycles. The van der Waals surface area contributed by atoms with Crippen molar-refractivity contribution < 1.29 is 9.53 Å². The number of ether oxygens (including phenoxy) is 1. The Labute approximate surface area is 133 Å². The van der Waals surface area contributed by atoms with Gasteiger partial charge in [-0.25, -0.2) is 4.79 Å². The van der Waals surface area contributed by atoms with E-state index in [4.69, 9.17) is 4.74 Å². The Hall–Kier alpha value is -1.71. The number of benzene rings is 1. The Morgan fingerprint density at radius 3 is 2.55 bits per heavy atom. The maximum absolute atomic E-state index is 12.3. The number of nitrogens with one attached hydrogen (secondary N) is 1. The Morgan fingerprint density at radius 1 is 1.32 bits per heavy atom. The highest BCUT2D eigenvalue weighted by Crippen LogP contribution is 2.26. The van der Waals surface area contributed by atoms with Crippen LogP contribution in [-0.2, 0) is 11.3 Å². The molecule has 4 nitrogen and oxygen atoms in total. The third kappa shape index (κ3) is 4.65. The molecular formula is C18H28N2O2. The second kappa shape index (κ2) is 7.03. The largest absolute Gasteiger partial charge is 0.444 e. The van der Waals surface area contributed by atoms with Crippen LogP contribution in [0.15, 0.2) is 24.3 Å². The lowest BCUT2D eigenvalue weighted by Crippen LogP contribution is -2.36. The quantitative estimate of drug-likeness (QED) is 0.876. The van der Waals surface area contributed by atoms with Crippen LogP contribution in [-0.4, -0.2) is 29.2 Å². The van der Waals surface area contributed by atoms with Gasteiger partial charge in [0.25, 0.3) is 0 Å². The lowest BCUT2D eigenvalue weighted by atomic mass is 9.92. The summed E-state index contributed by atoms with van der Waals surface area (Å²) in [5.41, 5.74) is 1.81. The predicted octanol–water partition coefficient (Wildman–Crippen LogP) is 4.41. The van der Waals surface area contributed by atoms with E-state index in [1.54, 1.807) is 4.90 Å². The summed E-state index contributed by atoms with van der Waals surface area (Å²) in [4.78, 5) is 14.0. The van der Waals surface area contributed by atoms with E-state index >= 15 is 0 Å².